The first kappa shape index (κ1) is 15.6. The predicted molar refractivity (Wildman–Crippen MR) is 74.5 cm³/mol. The van der Waals surface area contributed by atoms with Gasteiger partial charge in [-0.15, -0.1) is 0 Å². The Morgan fingerprint density at radius 2 is 1.90 bits per heavy atom. The molecule has 0 aliphatic heterocycles. The van der Waals surface area contributed by atoms with Crippen LogP contribution in [0.3, 0.4) is 0 Å². The van der Waals surface area contributed by atoms with Gasteiger partial charge in [-0.25, -0.2) is 0 Å². The SMILES string of the molecule is CC(NC(=O)C1CC=CCC1)c1ccc(C(F)(F)F)cc1. The summed E-state index contributed by atoms with van der Waals surface area (Å²) in [5.74, 6) is -0.0707. The Balaban J connectivity index is 1.98. The fourth-order valence-corrected chi connectivity index (χ4v) is 2.41. The Morgan fingerprint density at radius 3 is 2.43 bits per heavy atom. The van der Waals surface area contributed by atoms with Crippen LogP contribution in [0.4, 0.5) is 13.2 Å². The van der Waals surface area contributed by atoms with E-state index in [9.17, 15) is 18.0 Å². The molecule has 21 heavy (non-hydrogen) atoms. The highest BCUT2D eigenvalue weighted by atomic mass is 19.4. The van der Waals surface area contributed by atoms with Crippen molar-refractivity contribution in [3.8, 4) is 0 Å². The lowest BCUT2D eigenvalue weighted by atomic mass is 9.93. The van der Waals surface area contributed by atoms with Crippen LogP contribution in [0.5, 0.6) is 0 Å². The van der Waals surface area contributed by atoms with Crippen molar-refractivity contribution in [1.29, 1.82) is 0 Å². The van der Waals surface area contributed by atoms with Gasteiger partial charge in [0.15, 0.2) is 0 Å². The van der Waals surface area contributed by atoms with Crippen molar-refractivity contribution in [2.24, 2.45) is 5.92 Å². The van der Waals surface area contributed by atoms with Crippen LogP contribution in [0, 0.1) is 5.92 Å². The zero-order valence-corrected chi connectivity index (χ0v) is 11.8. The summed E-state index contributed by atoms with van der Waals surface area (Å²) in [5, 5.41) is 2.87. The topological polar surface area (TPSA) is 29.1 Å². The summed E-state index contributed by atoms with van der Waals surface area (Å²) in [6, 6.07) is 4.61. The molecule has 1 N–H and O–H groups in total. The molecular weight excluding hydrogens is 279 g/mol. The summed E-state index contributed by atoms with van der Waals surface area (Å²) in [6.45, 7) is 1.78. The minimum Gasteiger partial charge on any atom is -0.349 e. The number of halogens is 3. The van der Waals surface area contributed by atoms with Crippen molar-refractivity contribution in [3.05, 3.63) is 47.5 Å². The molecule has 0 heterocycles. The Kier molecular flexibility index (Phi) is 4.70. The molecule has 0 radical (unpaired) electrons. The summed E-state index contributed by atoms with van der Waals surface area (Å²) in [7, 11) is 0. The molecule has 1 amide bonds. The number of nitrogens with one attached hydrogen (secondary N) is 1. The van der Waals surface area contributed by atoms with E-state index in [1.807, 2.05) is 6.08 Å². The lowest BCUT2D eigenvalue weighted by Crippen LogP contribution is -2.33. The second kappa shape index (κ2) is 6.33. The molecule has 0 spiro atoms. The normalized spacial score (nSPS) is 20.1. The van der Waals surface area contributed by atoms with E-state index in [1.54, 1.807) is 6.92 Å². The Bertz CT molecular complexity index is 519. The maximum Gasteiger partial charge on any atom is 0.416 e. The summed E-state index contributed by atoms with van der Waals surface area (Å²) in [5.41, 5.74) is -0.00936. The van der Waals surface area contributed by atoms with E-state index in [0.717, 1.165) is 31.4 Å². The standard InChI is InChI=1S/C16H18F3NO/c1-11(20-15(21)13-5-3-2-4-6-13)12-7-9-14(10-8-12)16(17,18)19/h2-3,7-11,13H,4-6H2,1H3,(H,20,21). The number of hydrogen-bond acceptors (Lipinski definition) is 1. The highest BCUT2D eigenvalue weighted by molar-refractivity contribution is 5.79. The summed E-state index contributed by atoms with van der Waals surface area (Å²) >= 11 is 0. The monoisotopic (exact) mass is 297 g/mol. The number of amides is 1. The number of alkyl halides is 3. The number of benzene rings is 1. The Hall–Kier alpha value is -1.78. The first-order chi connectivity index (χ1) is 9.88. The maximum absolute atomic E-state index is 12.5. The fourth-order valence-electron chi connectivity index (χ4n) is 2.41. The van der Waals surface area contributed by atoms with Crippen LogP contribution in [0.25, 0.3) is 0 Å². The molecule has 114 valence electrons. The third-order valence-electron chi connectivity index (χ3n) is 3.74. The third kappa shape index (κ3) is 4.09. The van der Waals surface area contributed by atoms with Gasteiger partial charge >= 0.3 is 6.18 Å². The summed E-state index contributed by atoms with van der Waals surface area (Å²) in [4.78, 5) is 12.1. The zero-order chi connectivity index (χ0) is 15.5. The molecule has 2 unspecified atom stereocenters. The average molecular weight is 297 g/mol. The number of allylic oxidation sites excluding steroid dienone is 2. The second-order valence-electron chi connectivity index (χ2n) is 5.33. The van der Waals surface area contributed by atoms with Crippen molar-refractivity contribution in [2.75, 3.05) is 0 Å². The molecule has 0 saturated heterocycles. The lowest BCUT2D eigenvalue weighted by Gasteiger charge is -2.21. The average Bonchev–Trinajstić information content (AvgIpc) is 2.47. The molecule has 2 atom stereocenters. The minimum atomic E-state index is -4.33. The van der Waals surface area contributed by atoms with E-state index >= 15 is 0 Å². The minimum absolute atomic E-state index is 0.0353. The van der Waals surface area contributed by atoms with Gasteiger partial charge in [-0.05, 0) is 43.9 Å². The van der Waals surface area contributed by atoms with Gasteiger partial charge in [-0.3, -0.25) is 4.79 Å². The molecule has 2 nitrogen and oxygen atoms in total. The molecule has 1 aromatic rings. The van der Waals surface area contributed by atoms with Gasteiger partial charge in [-0.2, -0.15) is 13.2 Å². The van der Waals surface area contributed by atoms with Crippen molar-refractivity contribution in [3.63, 3.8) is 0 Å². The lowest BCUT2D eigenvalue weighted by molar-refractivity contribution is -0.137. The Morgan fingerprint density at radius 1 is 1.24 bits per heavy atom. The van der Waals surface area contributed by atoms with E-state index in [2.05, 4.69) is 11.4 Å². The highest BCUT2D eigenvalue weighted by Crippen LogP contribution is 2.30. The molecule has 0 aromatic heterocycles. The first-order valence-corrected chi connectivity index (χ1v) is 7.00. The van der Waals surface area contributed by atoms with E-state index in [1.165, 1.54) is 12.1 Å². The third-order valence-corrected chi connectivity index (χ3v) is 3.74. The van der Waals surface area contributed by atoms with Crippen LogP contribution in [0.2, 0.25) is 0 Å². The molecule has 1 aliphatic carbocycles. The van der Waals surface area contributed by atoms with Crippen LogP contribution in [0.15, 0.2) is 36.4 Å². The molecule has 1 aliphatic rings. The van der Waals surface area contributed by atoms with Gasteiger partial charge in [-0.1, -0.05) is 24.3 Å². The molecule has 5 heteroatoms. The van der Waals surface area contributed by atoms with Gasteiger partial charge in [0, 0.05) is 5.92 Å². The molecule has 2 rings (SSSR count). The first-order valence-electron chi connectivity index (χ1n) is 7.00. The van der Waals surface area contributed by atoms with Gasteiger partial charge in [0.2, 0.25) is 5.91 Å². The van der Waals surface area contributed by atoms with Crippen LogP contribution in [-0.4, -0.2) is 5.91 Å². The Labute approximate surface area is 122 Å². The highest BCUT2D eigenvalue weighted by Gasteiger charge is 2.30. The van der Waals surface area contributed by atoms with Gasteiger partial charge in [0.1, 0.15) is 0 Å². The summed E-state index contributed by atoms with van der Waals surface area (Å²) < 4.78 is 37.5. The van der Waals surface area contributed by atoms with Crippen molar-refractivity contribution < 1.29 is 18.0 Å². The molecule has 0 bridgehead atoms. The van der Waals surface area contributed by atoms with Crippen LogP contribution in [-0.2, 0) is 11.0 Å². The smallest absolute Gasteiger partial charge is 0.349 e. The number of carbonyl (C=O) groups excluding carboxylic acids is 1. The van der Waals surface area contributed by atoms with Crippen LogP contribution >= 0.6 is 0 Å². The van der Waals surface area contributed by atoms with Crippen molar-refractivity contribution in [2.45, 2.75) is 38.4 Å². The summed E-state index contributed by atoms with van der Waals surface area (Å²) in [6.07, 6.45) is 2.17. The quantitative estimate of drug-likeness (QED) is 0.831. The second-order valence-corrected chi connectivity index (χ2v) is 5.33. The van der Waals surface area contributed by atoms with Gasteiger partial charge < -0.3 is 5.32 Å². The van der Waals surface area contributed by atoms with Crippen LogP contribution < -0.4 is 5.32 Å². The maximum atomic E-state index is 12.5. The molecule has 0 fully saturated rings. The van der Waals surface area contributed by atoms with E-state index in [0.29, 0.717) is 5.56 Å². The van der Waals surface area contributed by atoms with Crippen LogP contribution in [0.1, 0.15) is 43.4 Å². The van der Waals surface area contributed by atoms with Crippen molar-refractivity contribution in [1.82, 2.24) is 5.32 Å². The number of rotatable bonds is 3. The fraction of sp³-hybridized carbons (Fsp3) is 0.438. The van der Waals surface area contributed by atoms with E-state index in [-0.39, 0.29) is 17.9 Å². The molecule has 1 aromatic carbocycles. The molecule has 0 saturated carbocycles. The van der Waals surface area contributed by atoms with Gasteiger partial charge in [0.05, 0.1) is 11.6 Å². The van der Waals surface area contributed by atoms with Gasteiger partial charge in [0.25, 0.3) is 0 Å². The van der Waals surface area contributed by atoms with Crippen molar-refractivity contribution >= 4 is 5.91 Å². The van der Waals surface area contributed by atoms with E-state index in [4.69, 9.17) is 0 Å². The number of hydrogen-bond donors (Lipinski definition) is 1. The van der Waals surface area contributed by atoms with E-state index < -0.39 is 11.7 Å². The zero-order valence-electron chi connectivity index (χ0n) is 11.8. The largest absolute Gasteiger partial charge is 0.416 e. The predicted octanol–water partition coefficient (Wildman–Crippen LogP) is 4.24. The number of carbonyl (C=O) groups is 1. The molecular formula is C16H18F3NO.